The molecule has 5 nitrogen and oxygen atoms in total. The molecule has 28 heavy (non-hydrogen) atoms. The van der Waals surface area contributed by atoms with E-state index >= 15 is 0 Å². The highest BCUT2D eigenvalue weighted by molar-refractivity contribution is 5.80. The van der Waals surface area contributed by atoms with Crippen molar-refractivity contribution in [2.75, 3.05) is 20.3 Å². The van der Waals surface area contributed by atoms with Crippen molar-refractivity contribution in [3.63, 3.8) is 0 Å². The number of rotatable bonds is 17. The highest BCUT2D eigenvalue weighted by atomic mass is 16.6. The molecule has 0 saturated heterocycles. The summed E-state index contributed by atoms with van der Waals surface area (Å²) in [5.41, 5.74) is 0. The van der Waals surface area contributed by atoms with Gasteiger partial charge in [0.15, 0.2) is 0 Å². The summed E-state index contributed by atoms with van der Waals surface area (Å²) in [5.74, 6) is 1.99. The first-order valence-electron chi connectivity index (χ1n) is 11.0. The monoisotopic (exact) mass is 395 g/mol. The Labute approximate surface area is 172 Å². The Bertz CT molecular complexity index is 444. The number of unbranched alkanes of at least 4 members (excludes halogenated alkanes) is 11. The van der Waals surface area contributed by atoms with Crippen molar-refractivity contribution in [2.45, 2.75) is 103 Å². The van der Waals surface area contributed by atoms with Crippen LogP contribution in [0.1, 0.15) is 97.3 Å². The van der Waals surface area contributed by atoms with E-state index in [4.69, 9.17) is 15.9 Å². The second-order valence-electron chi connectivity index (χ2n) is 7.41. The van der Waals surface area contributed by atoms with Gasteiger partial charge in [-0.05, 0) is 13.3 Å². The number of carbonyl (C=O) groups excluding carboxylic acids is 2. The third-order valence-electron chi connectivity index (χ3n) is 4.92. The van der Waals surface area contributed by atoms with Gasteiger partial charge in [-0.3, -0.25) is 4.90 Å². The summed E-state index contributed by atoms with van der Waals surface area (Å²) in [5, 5.41) is 0. The van der Waals surface area contributed by atoms with Crippen molar-refractivity contribution in [1.29, 1.82) is 0 Å². The molecule has 1 amide bonds. The molecule has 1 unspecified atom stereocenters. The molecule has 0 bridgehead atoms. The van der Waals surface area contributed by atoms with Gasteiger partial charge in [-0.2, -0.15) is 0 Å². The molecule has 0 N–H and O–H groups in total. The Morgan fingerprint density at radius 3 is 1.86 bits per heavy atom. The van der Waals surface area contributed by atoms with E-state index in [1.165, 1.54) is 76.2 Å². The Kier molecular flexibility index (Phi) is 17.5. The van der Waals surface area contributed by atoms with Crippen molar-refractivity contribution in [1.82, 2.24) is 4.90 Å². The van der Waals surface area contributed by atoms with Gasteiger partial charge >= 0.3 is 12.1 Å². The summed E-state index contributed by atoms with van der Waals surface area (Å²) in [6.07, 6.45) is 20.1. The lowest BCUT2D eigenvalue weighted by molar-refractivity contribution is -0.148. The van der Waals surface area contributed by atoms with Crippen molar-refractivity contribution in [2.24, 2.45) is 0 Å². The lowest BCUT2D eigenvalue weighted by atomic mass is 10.1. The smallest absolute Gasteiger partial charge is 0.410 e. The third-order valence-corrected chi connectivity index (χ3v) is 4.92. The first-order chi connectivity index (χ1) is 13.5. The van der Waals surface area contributed by atoms with Crippen LogP contribution in [0.15, 0.2) is 0 Å². The standard InChI is InChI=1S/C23H41NO4/c1-5-7-9-10-11-12-13-14-15-16-17-18-20-27-22(25)21(3)24(4)23(26)28-19-8-6-2/h2,21H,5,7-20H2,1,3-4H3. The topological polar surface area (TPSA) is 55.8 Å². The van der Waals surface area contributed by atoms with Gasteiger partial charge in [0.2, 0.25) is 0 Å². The van der Waals surface area contributed by atoms with E-state index in [-0.39, 0.29) is 6.61 Å². The maximum Gasteiger partial charge on any atom is 0.410 e. The van der Waals surface area contributed by atoms with E-state index in [0.29, 0.717) is 13.0 Å². The fourth-order valence-corrected chi connectivity index (χ4v) is 2.85. The van der Waals surface area contributed by atoms with Gasteiger partial charge in [0, 0.05) is 13.5 Å². The van der Waals surface area contributed by atoms with E-state index in [1.807, 2.05) is 0 Å². The molecule has 162 valence electrons. The zero-order chi connectivity index (χ0) is 21.0. The molecule has 0 aliphatic heterocycles. The molecule has 0 heterocycles. The summed E-state index contributed by atoms with van der Waals surface area (Å²) >= 11 is 0. The Morgan fingerprint density at radius 2 is 1.36 bits per heavy atom. The number of esters is 1. The fourth-order valence-electron chi connectivity index (χ4n) is 2.85. The van der Waals surface area contributed by atoms with Gasteiger partial charge in [-0.15, -0.1) is 12.3 Å². The average Bonchev–Trinajstić information content (AvgIpc) is 2.70. The minimum absolute atomic E-state index is 0.153. The second-order valence-corrected chi connectivity index (χ2v) is 7.41. The Morgan fingerprint density at radius 1 is 0.857 bits per heavy atom. The van der Waals surface area contributed by atoms with E-state index in [1.54, 1.807) is 6.92 Å². The summed E-state index contributed by atoms with van der Waals surface area (Å²) in [6, 6.07) is -0.671. The SMILES string of the molecule is C#CCCOC(=O)N(C)C(C)C(=O)OCCCCCCCCCCCCCC. The number of hydrogen-bond acceptors (Lipinski definition) is 4. The van der Waals surface area contributed by atoms with Crippen LogP contribution in [0.4, 0.5) is 4.79 Å². The van der Waals surface area contributed by atoms with Crippen LogP contribution in [0.3, 0.4) is 0 Å². The molecule has 0 radical (unpaired) electrons. The van der Waals surface area contributed by atoms with Crippen LogP contribution in [0.25, 0.3) is 0 Å². The van der Waals surface area contributed by atoms with Crippen LogP contribution < -0.4 is 0 Å². The van der Waals surface area contributed by atoms with Crippen LogP contribution in [-0.4, -0.2) is 43.3 Å². The minimum atomic E-state index is -0.671. The zero-order valence-electron chi connectivity index (χ0n) is 18.3. The van der Waals surface area contributed by atoms with Crippen LogP contribution >= 0.6 is 0 Å². The number of terminal acetylenes is 1. The average molecular weight is 396 g/mol. The van der Waals surface area contributed by atoms with Crippen LogP contribution in [0, 0.1) is 12.3 Å². The van der Waals surface area contributed by atoms with Crippen molar-refractivity contribution in [3.05, 3.63) is 0 Å². The van der Waals surface area contributed by atoms with Gasteiger partial charge in [-0.25, -0.2) is 9.59 Å². The molecular weight excluding hydrogens is 354 g/mol. The van der Waals surface area contributed by atoms with Crippen molar-refractivity contribution >= 4 is 12.1 Å². The molecule has 0 aliphatic carbocycles. The summed E-state index contributed by atoms with van der Waals surface area (Å²) < 4.78 is 10.2. The molecule has 0 saturated carbocycles. The van der Waals surface area contributed by atoms with Crippen molar-refractivity contribution in [3.8, 4) is 12.3 Å². The van der Waals surface area contributed by atoms with Crippen LogP contribution in [-0.2, 0) is 14.3 Å². The fraction of sp³-hybridized carbons (Fsp3) is 0.826. The summed E-state index contributed by atoms with van der Waals surface area (Å²) in [7, 11) is 1.52. The lowest BCUT2D eigenvalue weighted by Crippen LogP contribution is -2.41. The highest BCUT2D eigenvalue weighted by Gasteiger charge is 2.24. The van der Waals surface area contributed by atoms with E-state index in [9.17, 15) is 9.59 Å². The first kappa shape index (κ1) is 26.3. The maximum atomic E-state index is 12.0. The number of likely N-dealkylation sites (N-methyl/N-ethyl adjacent to an activating group) is 1. The molecule has 0 rings (SSSR count). The van der Waals surface area contributed by atoms with Gasteiger partial charge < -0.3 is 9.47 Å². The Balaban J connectivity index is 3.58. The summed E-state index contributed by atoms with van der Waals surface area (Å²) in [4.78, 5) is 25.0. The highest BCUT2D eigenvalue weighted by Crippen LogP contribution is 2.12. The molecule has 0 aromatic heterocycles. The lowest BCUT2D eigenvalue weighted by Gasteiger charge is -2.22. The van der Waals surface area contributed by atoms with E-state index < -0.39 is 18.1 Å². The predicted molar refractivity (Wildman–Crippen MR) is 114 cm³/mol. The molecule has 1 atom stereocenters. The van der Waals surface area contributed by atoms with E-state index in [2.05, 4.69) is 12.8 Å². The second kappa shape index (κ2) is 18.7. The summed E-state index contributed by atoms with van der Waals surface area (Å²) in [6.45, 7) is 4.44. The van der Waals surface area contributed by atoms with Gasteiger partial charge in [0.05, 0.1) is 6.61 Å². The zero-order valence-corrected chi connectivity index (χ0v) is 18.3. The van der Waals surface area contributed by atoms with Crippen LogP contribution in [0.5, 0.6) is 0 Å². The van der Waals surface area contributed by atoms with Gasteiger partial charge in [0.1, 0.15) is 12.6 Å². The number of hydrogen-bond donors (Lipinski definition) is 0. The number of nitrogens with zero attached hydrogens (tertiary/aromatic N) is 1. The molecule has 0 aromatic carbocycles. The Hall–Kier alpha value is -1.70. The maximum absolute atomic E-state index is 12.0. The quantitative estimate of drug-likeness (QED) is 0.180. The third kappa shape index (κ3) is 14.4. The number of ether oxygens (including phenoxy) is 2. The molecule has 0 aromatic rings. The molecule has 0 fully saturated rings. The molecule has 5 heteroatoms. The van der Waals surface area contributed by atoms with Crippen LogP contribution in [0.2, 0.25) is 0 Å². The largest absolute Gasteiger partial charge is 0.464 e. The van der Waals surface area contributed by atoms with Crippen molar-refractivity contribution < 1.29 is 19.1 Å². The van der Waals surface area contributed by atoms with Gasteiger partial charge in [-0.1, -0.05) is 77.6 Å². The first-order valence-corrected chi connectivity index (χ1v) is 11.0. The number of carbonyl (C=O) groups is 2. The normalized spacial score (nSPS) is 11.5. The molecule has 0 spiro atoms. The van der Waals surface area contributed by atoms with E-state index in [0.717, 1.165) is 12.8 Å². The number of amides is 1. The van der Waals surface area contributed by atoms with Gasteiger partial charge in [0.25, 0.3) is 0 Å². The molecule has 0 aliphatic rings. The minimum Gasteiger partial charge on any atom is -0.464 e. The molecular formula is C23H41NO4. The predicted octanol–water partition coefficient (Wildman–Crippen LogP) is 5.71.